The number of carbonyl (C=O) groups excluding carboxylic acids is 1. The zero-order valence-corrected chi connectivity index (χ0v) is 11.1. The van der Waals surface area contributed by atoms with Crippen molar-refractivity contribution in [2.45, 2.75) is 25.4 Å². The molecule has 0 saturated carbocycles. The minimum Gasteiger partial charge on any atom is -0.338 e. The molecule has 0 radical (unpaired) electrons. The van der Waals surface area contributed by atoms with E-state index in [0.717, 1.165) is 5.69 Å². The predicted molar refractivity (Wildman–Crippen MR) is 69.3 cm³/mol. The zero-order chi connectivity index (χ0) is 13.7. The zero-order valence-electron chi connectivity index (χ0n) is 11.1. The highest BCUT2D eigenvalue weighted by molar-refractivity contribution is 5.76. The van der Waals surface area contributed by atoms with Crippen LogP contribution < -0.4 is 5.32 Å². The van der Waals surface area contributed by atoms with E-state index in [1.54, 1.807) is 17.2 Å². The van der Waals surface area contributed by atoms with Gasteiger partial charge in [0.05, 0.1) is 6.54 Å². The highest BCUT2D eigenvalue weighted by atomic mass is 19.1. The Labute approximate surface area is 112 Å². The third-order valence-electron chi connectivity index (χ3n) is 3.16. The normalized spacial score (nSPS) is 24.0. The summed E-state index contributed by atoms with van der Waals surface area (Å²) in [6.45, 7) is 3.17. The molecule has 1 amide bonds. The molecule has 6 heteroatoms. The Balaban J connectivity index is 1.88. The maximum Gasteiger partial charge on any atom is 0.223 e. The minimum absolute atomic E-state index is 0.0220. The first kappa shape index (κ1) is 13.9. The topological polar surface area (TPSA) is 58.1 Å². The van der Waals surface area contributed by atoms with Gasteiger partial charge in [-0.15, -0.1) is 0 Å². The molecule has 2 rings (SSSR count). The molecule has 1 aliphatic heterocycles. The highest BCUT2D eigenvalue weighted by Gasteiger charge is 2.30. The van der Waals surface area contributed by atoms with Crippen LogP contribution in [0.25, 0.3) is 0 Å². The second-order valence-electron chi connectivity index (χ2n) is 5.11. The van der Waals surface area contributed by atoms with Gasteiger partial charge in [0.15, 0.2) is 0 Å². The van der Waals surface area contributed by atoms with E-state index in [2.05, 4.69) is 15.3 Å². The molecule has 1 aliphatic rings. The fraction of sp³-hybridized carbons (Fsp3) is 0.615. The number of aromatic nitrogens is 2. The largest absolute Gasteiger partial charge is 0.338 e. The number of aryl methyl sites for hydroxylation is 1. The Morgan fingerprint density at radius 2 is 2.47 bits per heavy atom. The van der Waals surface area contributed by atoms with Crippen LogP contribution in [-0.2, 0) is 11.2 Å². The van der Waals surface area contributed by atoms with Gasteiger partial charge in [0.1, 0.15) is 12.0 Å². The summed E-state index contributed by atoms with van der Waals surface area (Å²) in [6, 6.07) is 1.79. The van der Waals surface area contributed by atoms with Crippen LogP contribution in [0.5, 0.6) is 0 Å². The van der Waals surface area contributed by atoms with Gasteiger partial charge in [0.2, 0.25) is 5.91 Å². The Bertz CT molecular complexity index is 424. The van der Waals surface area contributed by atoms with Crippen molar-refractivity contribution < 1.29 is 9.18 Å². The molecular formula is C13H19FN4O. The summed E-state index contributed by atoms with van der Waals surface area (Å²) in [4.78, 5) is 21.6. The first-order valence-corrected chi connectivity index (χ1v) is 6.49. The van der Waals surface area contributed by atoms with Gasteiger partial charge >= 0.3 is 0 Å². The molecule has 0 spiro atoms. The number of halogens is 1. The maximum atomic E-state index is 14.0. The lowest BCUT2D eigenvalue weighted by atomic mass is 10.1. The van der Waals surface area contributed by atoms with Gasteiger partial charge in [-0.3, -0.25) is 4.79 Å². The number of nitrogens with zero attached hydrogens (tertiary/aromatic N) is 3. The number of carbonyl (C=O) groups is 1. The van der Waals surface area contributed by atoms with Crippen molar-refractivity contribution in [3.05, 3.63) is 24.3 Å². The molecular weight excluding hydrogens is 247 g/mol. The molecule has 0 aromatic carbocycles. The van der Waals surface area contributed by atoms with Gasteiger partial charge in [-0.1, -0.05) is 0 Å². The van der Waals surface area contributed by atoms with Crippen LogP contribution in [0.15, 0.2) is 18.6 Å². The Kier molecular flexibility index (Phi) is 4.42. The molecule has 0 bridgehead atoms. The first-order chi connectivity index (χ1) is 9.07. The van der Waals surface area contributed by atoms with E-state index in [1.165, 1.54) is 13.3 Å². The van der Waals surface area contributed by atoms with E-state index >= 15 is 0 Å². The monoisotopic (exact) mass is 266 g/mol. The number of alkyl halides is 1. The lowest BCUT2D eigenvalue weighted by Gasteiger charge is -2.26. The van der Waals surface area contributed by atoms with Crippen molar-refractivity contribution in [1.29, 1.82) is 0 Å². The van der Waals surface area contributed by atoms with Crippen molar-refractivity contribution >= 4 is 5.91 Å². The summed E-state index contributed by atoms with van der Waals surface area (Å²) in [6.07, 6.45) is 4.04. The van der Waals surface area contributed by atoms with Gasteiger partial charge in [-0.05, 0) is 19.4 Å². The Hall–Kier alpha value is -1.56. The van der Waals surface area contributed by atoms with Crippen LogP contribution >= 0.6 is 0 Å². The molecule has 0 aliphatic carbocycles. The van der Waals surface area contributed by atoms with E-state index in [4.69, 9.17) is 0 Å². The molecule has 1 fully saturated rings. The predicted octanol–water partition coefficient (Wildman–Crippen LogP) is 0.569. The van der Waals surface area contributed by atoms with Crippen molar-refractivity contribution in [2.24, 2.45) is 0 Å². The SMILES string of the molecule is CC1(F)CNCCN(C(=O)CCc2ccncn2)C1. The Morgan fingerprint density at radius 1 is 1.63 bits per heavy atom. The fourth-order valence-corrected chi connectivity index (χ4v) is 2.17. The number of amides is 1. The number of rotatable bonds is 3. The van der Waals surface area contributed by atoms with Crippen molar-refractivity contribution in [3.8, 4) is 0 Å². The summed E-state index contributed by atoms with van der Waals surface area (Å²) in [5.74, 6) is -0.0220. The molecule has 104 valence electrons. The second kappa shape index (κ2) is 6.06. The fourth-order valence-electron chi connectivity index (χ4n) is 2.17. The average Bonchev–Trinajstić information content (AvgIpc) is 2.58. The van der Waals surface area contributed by atoms with E-state index in [-0.39, 0.29) is 12.5 Å². The van der Waals surface area contributed by atoms with Gasteiger partial charge in [-0.2, -0.15) is 0 Å². The van der Waals surface area contributed by atoms with Crippen LogP contribution in [-0.4, -0.2) is 52.6 Å². The summed E-state index contributed by atoms with van der Waals surface area (Å²) >= 11 is 0. The van der Waals surface area contributed by atoms with Crippen LogP contribution in [0.3, 0.4) is 0 Å². The van der Waals surface area contributed by atoms with E-state index < -0.39 is 5.67 Å². The molecule has 19 heavy (non-hydrogen) atoms. The maximum absolute atomic E-state index is 14.0. The molecule has 5 nitrogen and oxygen atoms in total. The second-order valence-corrected chi connectivity index (χ2v) is 5.11. The van der Waals surface area contributed by atoms with Crippen molar-refractivity contribution in [2.75, 3.05) is 26.2 Å². The molecule has 1 aromatic heterocycles. The first-order valence-electron chi connectivity index (χ1n) is 6.49. The van der Waals surface area contributed by atoms with Crippen LogP contribution in [0.2, 0.25) is 0 Å². The van der Waals surface area contributed by atoms with E-state index in [1.807, 2.05) is 0 Å². The smallest absolute Gasteiger partial charge is 0.223 e. The van der Waals surface area contributed by atoms with Crippen LogP contribution in [0.1, 0.15) is 19.0 Å². The van der Waals surface area contributed by atoms with E-state index in [9.17, 15) is 9.18 Å². The standard InChI is InChI=1S/C13H19FN4O/c1-13(14)8-15-6-7-18(9-13)12(19)3-2-11-4-5-16-10-17-11/h4-5,10,15H,2-3,6-9H2,1H3. The Morgan fingerprint density at radius 3 is 3.21 bits per heavy atom. The van der Waals surface area contributed by atoms with Gasteiger partial charge in [-0.25, -0.2) is 14.4 Å². The minimum atomic E-state index is -1.36. The molecule has 1 saturated heterocycles. The molecule has 1 atom stereocenters. The third-order valence-corrected chi connectivity index (χ3v) is 3.16. The lowest BCUT2D eigenvalue weighted by molar-refractivity contribution is -0.132. The lowest BCUT2D eigenvalue weighted by Crippen LogP contribution is -2.42. The summed E-state index contributed by atoms with van der Waals surface area (Å²) in [5, 5.41) is 3.01. The summed E-state index contributed by atoms with van der Waals surface area (Å²) < 4.78 is 14.0. The summed E-state index contributed by atoms with van der Waals surface area (Å²) in [7, 11) is 0. The highest BCUT2D eigenvalue weighted by Crippen LogP contribution is 2.14. The van der Waals surface area contributed by atoms with Crippen LogP contribution in [0, 0.1) is 0 Å². The van der Waals surface area contributed by atoms with Crippen LogP contribution in [0.4, 0.5) is 4.39 Å². The third kappa shape index (κ3) is 4.24. The average molecular weight is 266 g/mol. The van der Waals surface area contributed by atoms with Gasteiger partial charge in [0, 0.05) is 37.9 Å². The van der Waals surface area contributed by atoms with E-state index in [0.29, 0.717) is 32.5 Å². The molecule has 2 heterocycles. The molecule has 1 aromatic rings. The van der Waals surface area contributed by atoms with Gasteiger partial charge in [0.25, 0.3) is 0 Å². The molecule has 1 N–H and O–H groups in total. The van der Waals surface area contributed by atoms with Crippen molar-refractivity contribution in [3.63, 3.8) is 0 Å². The summed E-state index contributed by atoms with van der Waals surface area (Å²) in [5.41, 5.74) is -0.527. The number of hydrogen-bond acceptors (Lipinski definition) is 4. The number of hydrogen-bond donors (Lipinski definition) is 1. The van der Waals surface area contributed by atoms with Gasteiger partial charge < -0.3 is 10.2 Å². The number of nitrogens with one attached hydrogen (secondary N) is 1. The van der Waals surface area contributed by atoms with Crippen molar-refractivity contribution in [1.82, 2.24) is 20.2 Å². The quantitative estimate of drug-likeness (QED) is 0.869. The molecule has 1 unspecified atom stereocenters.